The van der Waals surface area contributed by atoms with E-state index in [9.17, 15) is 5.11 Å². The molecule has 14 heavy (non-hydrogen) atoms. The van der Waals surface area contributed by atoms with Gasteiger partial charge in [0.1, 0.15) is 0 Å². The summed E-state index contributed by atoms with van der Waals surface area (Å²) >= 11 is 0. The second-order valence-electron chi connectivity index (χ2n) is 4.22. The fourth-order valence-electron chi connectivity index (χ4n) is 1.26. The first-order chi connectivity index (χ1) is 6.51. The lowest BCUT2D eigenvalue weighted by Gasteiger charge is -2.27. The van der Waals surface area contributed by atoms with Gasteiger partial charge in [0.15, 0.2) is 0 Å². The van der Waals surface area contributed by atoms with Crippen molar-refractivity contribution in [3.63, 3.8) is 0 Å². The summed E-state index contributed by atoms with van der Waals surface area (Å²) in [6.45, 7) is 7.17. The molecule has 0 aliphatic heterocycles. The third-order valence-electron chi connectivity index (χ3n) is 2.56. The van der Waals surface area contributed by atoms with Gasteiger partial charge in [-0.3, -0.25) is 4.68 Å². The molecule has 0 saturated heterocycles. The second kappa shape index (κ2) is 4.11. The van der Waals surface area contributed by atoms with Crippen molar-refractivity contribution >= 4 is 0 Å². The van der Waals surface area contributed by atoms with Gasteiger partial charge in [-0.25, -0.2) is 0 Å². The van der Waals surface area contributed by atoms with Gasteiger partial charge in [-0.05, 0) is 6.92 Å². The van der Waals surface area contributed by atoms with Crippen molar-refractivity contribution < 1.29 is 5.11 Å². The van der Waals surface area contributed by atoms with Crippen molar-refractivity contribution in [3.8, 4) is 0 Å². The Bertz CT molecular complexity index is 293. The maximum absolute atomic E-state index is 10.0. The summed E-state index contributed by atoms with van der Waals surface area (Å²) in [5, 5.41) is 14.1. The third kappa shape index (κ3) is 2.13. The van der Waals surface area contributed by atoms with E-state index in [1.807, 2.05) is 27.0 Å². The summed E-state index contributed by atoms with van der Waals surface area (Å²) in [6, 6.07) is 0. The molecular weight excluding hydrogens is 178 g/mol. The van der Waals surface area contributed by atoms with E-state index in [4.69, 9.17) is 5.73 Å². The number of hydrogen-bond donors (Lipinski definition) is 2. The number of aryl methyl sites for hydroxylation is 1. The Morgan fingerprint density at radius 1 is 1.64 bits per heavy atom. The van der Waals surface area contributed by atoms with Gasteiger partial charge in [0, 0.05) is 30.3 Å². The Morgan fingerprint density at radius 3 is 2.71 bits per heavy atom. The Labute approximate surface area is 84.7 Å². The number of aliphatic hydroxyl groups excluding tert-OH is 1. The lowest BCUT2D eigenvalue weighted by Crippen LogP contribution is -2.30. The van der Waals surface area contributed by atoms with Crippen LogP contribution in [-0.2, 0) is 6.54 Å². The number of rotatable bonds is 4. The first-order valence-electron chi connectivity index (χ1n) is 4.91. The summed E-state index contributed by atoms with van der Waals surface area (Å²) in [4.78, 5) is 0. The molecule has 0 amide bonds. The van der Waals surface area contributed by atoms with E-state index in [0.717, 1.165) is 12.1 Å². The number of nitrogens with zero attached hydrogens (tertiary/aromatic N) is 2. The molecule has 3 N–H and O–H groups in total. The molecule has 0 fully saturated rings. The highest BCUT2D eigenvalue weighted by Gasteiger charge is 2.28. The highest BCUT2D eigenvalue weighted by atomic mass is 16.3. The molecule has 0 bridgehead atoms. The van der Waals surface area contributed by atoms with Crippen LogP contribution in [0.5, 0.6) is 0 Å². The molecule has 4 heteroatoms. The molecule has 1 atom stereocenters. The minimum Gasteiger partial charge on any atom is -0.388 e. The van der Waals surface area contributed by atoms with Crippen LogP contribution in [0.2, 0.25) is 0 Å². The minimum atomic E-state index is -0.548. The normalized spacial score (nSPS) is 14.4. The predicted molar refractivity (Wildman–Crippen MR) is 55.7 cm³/mol. The van der Waals surface area contributed by atoms with Crippen molar-refractivity contribution in [1.29, 1.82) is 0 Å². The van der Waals surface area contributed by atoms with Gasteiger partial charge in [0.05, 0.1) is 12.3 Å². The molecule has 80 valence electrons. The highest BCUT2D eigenvalue weighted by Crippen LogP contribution is 2.31. The number of nitrogens with two attached hydrogens (primary N) is 1. The molecule has 0 aliphatic carbocycles. The van der Waals surface area contributed by atoms with Gasteiger partial charge in [0.2, 0.25) is 0 Å². The maximum atomic E-state index is 10.0. The molecular formula is C10H19N3O. The fraction of sp³-hybridized carbons (Fsp3) is 0.700. The lowest BCUT2D eigenvalue weighted by molar-refractivity contribution is 0.0554. The van der Waals surface area contributed by atoms with Crippen molar-refractivity contribution in [2.45, 2.75) is 33.4 Å². The van der Waals surface area contributed by atoms with Gasteiger partial charge >= 0.3 is 0 Å². The lowest BCUT2D eigenvalue weighted by atomic mass is 9.84. The van der Waals surface area contributed by atoms with Crippen LogP contribution >= 0.6 is 0 Å². The molecule has 0 aromatic carbocycles. The first kappa shape index (κ1) is 11.2. The number of hydrogen-bond acceptors (Lipinski definition) is 3. The summed E-state index contributed by atoms with van der Waals surface area (Å²) in [5.41, 5.74) is 6.13. The van der Waals surface area contributed by atoms with Crippen molar-refractivity contribution in [1.82, 2.24) is 9.78 Å². The molecule has 0 spiro atoms. The van der Waals surface area contributed by atoms with Gasteiger partial charge in [-0.1, -0.05) is 13.8 Å². The largest absolute Gasteiger partial charge is 0.388 e. The second-order valence-corrected chi connectivity index (χ2v) is 4.22. The van der Waals surface area contributed by atoms with E-state index < -0.39 is 6.10 Å². The zero-order valence-corrected chi connectivity index (χ0v) is 9.07. The molecule has 0 radical (unpaired) electrons. The van der Waals surface area contributed by atoms with Crippen LogP contribution in [0.4, 0.5) is 0 Å². The SMILES string of the molecule is CCn1cc(C(O)C(C)(C)CN)cn1. The van der Waals surface area contributed by atoms with E-state index in [-0.39, 0.29) is 5.41 Å². The molecule has 4 nitrogen and oxygen atoms in total. The van der Waals surface area contributed by atoms with E-state index in [0.29, 0.717) is 6.54 Å². The smallest absolute Gasteiger partial charge is 0.0883 e. The molecule has 1 aromatic rings. The zero-order chi connectivity index (χ0) is 10.8. The summed E-state index contributed by atoms with van der Waals surface area (Å²) in [7, 11) is 0. The van der Waals surface area contributed by atoms with E-state index >= 15 is 0 Å². The van der Waals surface area contributed by atoms with Crippen molar-refractivity contribution in [3.05, 3.63) is 18.0 Å². The van der Waals surface area contributed by atoms with Crippen LogP contribution in [0.25, 0.3) is 0 Å². The van der Waals surface area contributed by atoms with E-state index in [1.54, 1.807) is 10.9 Å². The number of aromatic nitrogens is 2. The molecule has 1 unspecified atom stereocenters. The maximum Gasteiger partial charge on any atom is 0.0883 e. The van der Waals surface area contributed by atoms with Crippen LogP contribution in [-0.4, -0.2) is 21.4 Å². The molecule has 0 saturated carbocycles. The molecule has 0 aliphatic rings. The minimum absolute atomic E-state index is 0.304. The van der Waals surface area contributed by atoms with Crippen molar-refractivity contribution in [2.75, 3.05) is 6.54 Å². The van der Waals surface area contributed by atoms with Crippen LogP contribution in [0.3, 0.4) is 0 Å². The third-order valence-corrected chi connectivity index (χ3v) is 2.56. The first-order valence-corrected chi connectivity index (χ1v) is 4.91. The highest BCUT2D eigenvalue weighted by molar-refractivity contribution is 5.11. The zero-order valence-electron chi connectivity index (χ0n) is 9.07. The average molecular weight is 197 g/mol. The molecule has 1 heterocycles. The van der Waals surface area contributed by atoms with E-state index in [2.05, 4.69) is 5.10 Å². The summed E-state index contributed by atoms with van der Waals surface area (Å²) < 4.78 is 1.80. The van der Waals surface area contributed by atoms with Crippen molar-refractivity contribution in [2.24, 2.45) is 11.1 Å². The quantitative estimate of drug-likeness (QED) is 0.754. The Kier molecular flexibility index (Phi) is 3.29. The Hall–Kier alpha value is -0.870. The topological polar surface area (TPSA) is 64.1 Å². The van der Waals surface area contributed by atoms with E-state index in [1.165, 1.54) is 0 Å². The van der Waals surface area contributed by atoms with Crippen LogP contribution < -0.4 is 5.73 Å². The summed E-state index contributed by atoms with van der Waals surface area (Å²) in [6.07, 6.45) is 3.01. The fourth-order valence-corrected chi connectivity index (χ4v) is 1.26. The van der Waals surface area contributed by atoms with Crippen LogP contribution in [0, 0.1) is 5.41 Å². The predicted octanol–water partition coefficient (Wildman–Crippen LogP) is 0.921. The standard InChI is InChI=1S/C10H19N3O/c1-4-13-6-8(5-12-13)9(14)10(2,3)7-11/h5-6,9,14H,4,7,11H2,1-3H3. The Morgan fingerprint density at radius 2 is 2.29 bits per heavy atom. The van der Waals surface area contributed by atoms with Gasteiger partial charge < -0.3 is 10.8 Å². The Balaban J connectivity index is 2.83. The van der Waals surface area contributed by atoms with Crippen LogP contribution in [0.15, 0.2) is 12.4 Å². The van der Waals surface area contributed by atoms with Crippen LogP contribution in [0.1, 0.15) is 32.4 Å². The van der Waals surface area contributed by atoms with Gasteiger partial charge in [0.25, 0.3) is 0 Å². The van der Waals surface area contributed by atoms with Gasteiger partial charge in [-0.15, -0.1) is 0 Å². The molecule has 1 rings (SSSR count). The summed E-state index contributed by atoms with van der Waals surface area (Å²) in [5.74, 6) is 0. The monoisotopic (exact) mass is 197 g/mol. The average Bonchev–Trinajstić information content (AvgIpc) is 2.64. The number of aliphatic hydroxyl groups is 1. The van der Waals surface area contributed by atoms with Gasteiger partial charge in [-0.2, -0.15) is 5.10 Å². The molecule has 1 aromatic heterocycles.